The molecule has 2 unspecified atom stereocenters. The van der Waals surface area contributed by atoms with E-state index >= 15 is 0 Å². The van der Waals surface area contributed by atoms with Crippen LogP contribution in [-0.2, 0) is 12.8 Å². The van der Waals surface area contributed by atoms with Gasteiger partial charge in [-0.05, 0) is 104 Å². The Morgan fingerprint density at radius 3 is 2.59 bits per heavy atom. The molecule has 5 rings (SSSR count). The molecular formula is C29H33FN2O2. The first-order valence-electron chi connectivity index (χ1n) is 12.4. The highest BCUT2D eigenvalue weighted by atomic mass is 19.1. The fourth-order valence-electron chi connectivity index (χ4n) is 5.29. The van der Waals surface area contributed by atoms with Crippen molar-refractivity contribution in [1.82, 2.24) is 5.32 Å². The summed E-state index contributed by atoms with van der Waals surface area (Å²) in [5, 5.41) is 13.6. The molecule has 0 bridgehead atoms. The lowest BCUT2D eigenvalue weighted by Gasteiger charge is -2.39. The van der Waals surface area contributed by atoms with Crippen LogP contribution in [0.1, 0.15) is 48.4 Å². The Balaban J connectivity index is 1.29. The number of anilines is 1. The Labute approximate surface area is 201 Å². The van der Waals surface area contributed by atoms with E-state index in [-0.39, 0.29) is 11.9 Å². The van der Waals surface area contributed by atoms with Crippen molar-refractivity contribution in [2.45, 2.75) is 50.6 Å². The minimum Gasteiger partial charge on any atom is -0.508 e. The van der Waals surface area contributed by atoms with Gasteiger partial charge in [0.25, 0.3) is 0 Å². The van der Waals surface area contributed by atoms with E-state index in [0.29, 0.717) is 11.8 Å². The van der Waals surface area contributed by atoms with Gasteiger partial charge in [0.15, 0.2) is 0 Å². The molecule has 3 aromatic rings. The molecule has 0 aromatic heterocycles. The number of aromatic hydroxyl groups is 1. The Kier molecular flexibility index (Phi) is 7.00. The first-order chi connectivity index (χ1) is 16.7. The monoisotopic (exact) mass is 460 g/mol. The molecule has 0 aliphatic carbocycles. The van der Waals surface area contributed by atoms with Gasteiger partial charge in [-0.15, -0.1) is 0 Å². The van der Waals surface area contributed by atoms with Crippen molar-refractivity contribution in [2.24, 2.45) is 0 Å². The lowest BCUT2D eigenvalue weighted by Crippen LogP contribution is -2.36. The minimum atomic E-state index is -0.225. The number of phenols is 1. The van der Waals surface area contributed by atoms with Crippen molar-refractivity contribution in [2.75, 3.05) is 24.6 Å². The number of piperidine rings is 1. The maximum atomic E-state index is 13.6. The van der Waals surface area contributed by atoms with Crippen molar-refractivity contribution in [3.8, 4) is 11.5 Å². The topological polar surface area (TPSA) is 44.7 Å². The molecule has 0 amide bonds. The maximum Gasteiger partial charge on any atom is 0.123 e. The average molecular weight is 461 g/mol. The Morgan fingerprint density at radius 1 is 1.00 bits per heavy atom. The van der Waals surface area contributed by atoms with Crippen molar-refractivity contribution in [3.05, 3.63) is 89.2 Å². The zero-order chi connectivity index (χ0) is 23.3. The van der Waals surface area contributed by atoms with Gasteiger partial charge in [0.1, 0.15) is 17.3 Å². The summed E-state index contributed by atoms with van der Waals surface area (Å²) in [6, 6.07) is 21.5. The van der Waals surface area contributed by atoms with Crippen LogP contribution in [0.4, 0.5) is 10.1 Å². The zero-order valence-electron chi connectivity index (χ0n) is 19.6. The number of ether oxygens (including phenoxy) is 1. The van der Waals surface area contributed by atoms with Crippen LogP contribution in [0, 0.1) is 5.82 Å². The summed E-state index contributed by atoms with van der Waals surface area (Å²) in [4.78, 5) is 2.35. The summed E-state index contributed by atoms with van der Waals surface area (Å²) in [5.41, 5.74) is 4.63. The summed E-state index contributed by atoms with van der Waals surface area (Å²) >= 11 is 0. The number of nitrogens with one attached hydrogen (secondary N) is 1. The molecule has 0 radical (unpaired) electrons. The van der Waals surface area contributed by atoms with Crippen LogP contribution in [0.5, 0.6) is 11.5 Å². The molecule has 2 atom stereocenters. The highest BCUT2D eigenvalue weighted by molar-refractivity contribution is 5.53. The lowest BCUT2D eigenvalue weighted by atomic mass is 9.88. The van der Waals surface area contributed by atoms with Crippen molar-refractivity contribution in [1.29, 1.82) is 0 Å². The number of benzene rings is 3. The Hall–Kier alpha value is -3.05. The second-order valence-electron chi connectivity index (χ2n) is 9.45. The fraction of sp³-hybridized carbons (Fsp3) is 0.379. The maximum absolute atomic E-state index is 13.6. The van der Waals surface area contributed by atoms with E-state index in [0.717, 1.165) is 50.4 Å². The summed E-state index contributed by atoms with van der Waals surface area (Å²) in [5.74, 6) is 0.985. The molecule has 2 aliphatic rings. The number of fused-ring (bicyclic) bond motifs is 1. The number of nitrogens with zero attached hydrogens (tertiary/aromatic N) is 1. The Bertz CT molecular complexity index is 1080. The number of hydrogen-bond acceptors (Lipinski definition) is 4. The van der Waals surface area contributed by atoms with Gasteiger partial charge >= 0.3 is 0 Å². The smallest absolute Gasteiger partial charge is 0.123 e. The van der Waals surface area contributed by atoms with E-state index in [9.17, 15) is 9.50 Å². The molecule has 2 heterocycles. The van der Waals surface area contributed by atoms with Gasteiger partial charge < -0.3 is 20.1 Å². The number of phenolic OH excluding ortho intramolecular Hbond substituents is 1. The molecule has 1 fully saturated rings. The second-order valence-corrected chi connectivity index (χ2v) is 9.45. The predicted molar refractivity (Wildman–Crippen MR) is 134 cm³/mol. The normalized spacial score (nSPS) is 20.1. The van der Waals surface area contributed by atoms with E-state index in [4.69, 9.17) is 4.74 Å². The molecule has 34 heavy (non-hydrogen) atoms. The van der Waals surface area contributed by atoms with Crippen LogP contribution in [-0.4, -0.2) is 30.8 Å². The van der Waals surface area contributed by atoms with Gasteiger partial charge in [-0.3, -0.25) is 0 Å². The van der Waals surface area contributed by atoms with Crippen LogP contribution in [0.3, 0.4) is 0 Å². The highest BCUT2D eigenvalue weighted by Gasteiger charge is 2.28. The lowest BCUT2D eigenvalue weighted by molar-refractivity contribution is 0.268. The van der Waals surface area contributed by atoms with E-state index in [2.05, 4.69) is 34.5 Å². The average Bonchev–Trinajstić information content (AvgIpc) is 2.86. The largest absolute Gasteiger partial charge is 0.508 e. The zero-order valence-corrected chi connectivity index (χ0v) is 19.6. The molecule has 4 nitrogen and oxygen atoms in total. The SMILES string of the molecule is Oc1ccc2c(c1)CCN(c1ccc(F)cc1)C2Cc1ccc(OCCC2CCCCN2)cc1. The molecule has 0 saturated carbocycles. The van der Waals surface area contributed by atoms with Gasteiger partial charge in [-0.25, -0.2) is 4.39 Å². The van der Waals surface area contributed by atoms with Crippen LogP contribution >= 0.6 is 0 Å². The van der Waals surface area contributed by atoms with E-state index in [1.807, 2.05) is 24.3 Å². The van der Waals surface area contributed by atoms with Crippen LogP contribution in [0.2, 0.25) is 0 Å². The fourth-order valence-corrected chi connectivity index (χ4v) is 5.29. The minimum absolute atomic E-state index is 0.110. The molecule has 178 valence electrons. The van der Waals surface area contributed by atoms with E-state index < -0.39 is 0 Å². The number of halogens is 1. The molecule has 5 heteroatoms. The van der Waals surface area contributed by atoms with Crippen LogP contribution < -0.4 is 15.0 Å². The van der Waals surface area contributed by atoms with Gasteiger partial charge in [0, 0.05) is 18.3 Å². The van der Waals surface area contributed by atoms with Crippen molar-refractivity contribution < 1.29 is 14.2 Å². The molecule has 0 spiro atoms. The van der Waals surface area contributed by atoms with Crippen LogP contribution in [0.15, 0.2) is 66.7 Å². The van der Waals surface area contributed by atoms with Crippen LogP contribution in [0.25, 0.3) is 0 Å². The quantitative estimate of drug-likeness (QED) is 0.469. The van der Waals surface area contributed by atoms with Crippen molar-refractivity contribution in [3.63, 3.8) is 0 Å². The first-order valence-corrected chi connectivity index (χ1v) is 12.4. The van der Waals surface area contributed by atoms with E-state index in [1.165, 1.54) is 48.1 Å². The van der Waals surface area contributed by atoms with Gasteiger partial charge in [-0.1, -0.05) is 24.6 Å². The van der Waals surface area contributed by atoms with Gasteiger partial charge in [0.05, 0.1) is 12.6 Å². The predicted octanol–water partition coefficient (Wildman–Crippen LogP) is 5.79. The van der Waals surface area contributed by atoms with Crippen molar-refractivity contribution >= 4 is 5.69 Å². The van der Waals surface area contributed by atoms with E-state index in [1.54, 1.807) is 6.07 Å². The molecule has 1 saturated heterocycles. The molecule has 2 aliphatic heterocycles. The third kappa shape index (κ3) is 5.36. The standard InChI is InChI=1S/C29H33FN2O2/c30-23-6-8-25(9-7-23)32-17-14-22-20-26(33)10-13-28(22)29(32)19-21-4-11-27(12-5-21)34-18-15-24-3-1-2-16-31-24/h4-13,20,24,29,31,33H,1-3,14-19H2. The Morgan fingerprint density at radius 2 is 1.82 bits per heavy atom. The number of rotatable bonds is 7. The third-order valence-electron chi connectivity index (χ3n) is 7.14. The first kappa shape index (κ1) is 22.7. The summed E-state index contributed by atoms with van der Waals surface area (Å²) in [6.07, 6.45) is 6.55. The summed E-state index contributed by atoms with van der Waals surface area (Å²) < 4.78 is 19.6. The molecule has 3 aromatic carbocycles. The molecule has 2 N–H and O–H groups in total. The van der Waals surface area contributed by atoms with Gasteiger partial charge in [0.2, 0.25) is 0 Å². The summed E-state index contributed by atoms with van der Waals surface area (Å²) in [6.45, 7) is 2.68. The number of hydrogen-bond donors (Lipinski definition) is 2. The molecular weight excluding hydrogens is 427 g/mol. The van der Waals surface area contributed by atoms with Gasteiger partial charge in [-0.2, -0.15) is 0 Å². The highest BCUT2D eigenvalue weighted by Crippen LogP contribution is 2.37. The second kappa shape index (κ2) is 10.5. The third-order valence-corrected chi connectivity index (χ3v) is 7.14. The summed E-state index contributed by atoms with van der Waals surface area (Å²) in [7, 11) is 0.